The van der Waals surface area contributed by atoms with Gasteiger partial charge in [-0.3, -0.25) is 9.89 Å². The van der Waals surface area contributed by atoms with Crippen LogP contribution in [-0.2, 0) is 4.74 Å². The molecule has 1 aliphatic heterocycles. The average Bonchev–Trinajstić information content (AvgIpc) is 2.57. The minimum atomic E-state index is -0.711. The van der Waals surface area contributed by atoms with Crippen LogP contribution in [0.25, 0.3) is 0 Å². The maximum absolute atomic E-state index is 10.4. The van der Waals surface area contributed by atoms with E-state index in [1.807, 2.05) is 20.8 Å². The highest BCUT2D eigenvalue weighted by molar-refractivity contribution is 5.79. The van der Waals surface area contributed by atoms with Crippen LogP contribution < -0.4 is 10.6 Å². The number of aliphatic imine (C=N–C) groups is 1. The van der Waals surface area contributed by atoms with Crippen LogP contribution in [0.5, 0.6) is 0 Å². The number of rotatable bonds is 9. The summed E-state index contributed by atoms with van der Waals surface area (Å²) >= 11 is 0. The second-order valence-electron chi connectivity index (χ2n) is 7.15. The van der Waals surface area contributed by atoms with Crippen molar-refractivity contribution in [2.45, 2.75) is 59.2 Å². The molecule has 0 aromatic rings. The van der Waals surface area contributed by atoms with Gasteiger partial charge in [-0.2, -0.15) is 0 Å². The summed E-state index contributed by atoms with van der Waals surface area (Å²) in [7, 11) is 0. The molecule has 0 aromatic carbocycles. The third-order valence-electron chi connectivity index (χ3n) is 4.54. The Morgan fingerprint density at radius 3 is 2.58 bits per heavy atom. The first-order valence-electron chi connectivity index (χ1n) is 9.51. The monoisotopic (exact) mass is 342 g/mol. The Labute approximate surface area is 148 Å². The van der Waals surface area contributed by atoms with Crippen molar-refractivity contribution in [3.8, 4) is 0 Å². The van der Waals surface area contributed by atoms with E-state index >= 15 is 0 Å². The molecule has 1 aliphatic rings. The molecule has 0 aromatic heterocycles. The van der Waals surface area contributed by atoms with E-state index in [9.17, 15) is 5.11 Å². The van der Waals surface area contributed by atoms with Crippen LogP contribution in [0.2, 0.25) is 0 Å². The molecule has 1 saturated heterocycles. The van der Waals surface area contributed by atoms with E-state index in [1.54, 1.807) is 0 Å². The summed E-state index contributed by atoms with van der Waals surface area (Å²) < 4.78 is 5.87. The number of nitrogens with zero attached hydrogens (tertiary/aromatic N) is 2. The highest BCUT2D eigenvalue weighted by Crippen LogP contribution is 2.14. The molecule has 0 aliphatic carbocycles. The van der Waals surface area contributed by atoms with Crippen molar-refractivity contribution in [2.75, 3.05) is 45.9 Å². The fraction of sp³-hybridized carbons (Fsp3) is 0.944. The van der Waals surface area contributed by atoms with E-state index in [2.05, 4.69) is 34.4 Å². The summed E-state index contributed by atoms with van der Waals surface area (Å²) in [6.07, 6.45) is 1.60. The predicted octanol–water partition coefficient (Wildman–Crippen LogP) is 1.45. The molecule has 0 bridgehead atoms. The van der Waals surface area contributed by atoms with Crippen LogP contribution in [0.3, 0.4) is 0 Å². The Hall–Kier alpha value is -0.850. The van der Waals surface area contributed by atoms with Gasteiger partial charge >= 0.3 is 0 Å². The zero-order valence-electron chi connectivity index (χ0n) is 16.3. The number of hydrogen-bond donors (Lipinski definition) is 3. The lowest BCUT2D eigenvalue weighted by molar-refractivity contribution is -0.0284. The van der Waals surface area contributed by atoms with Crippen LogP contribution in [0, 0.1) is 5.92 Å². The fourth-order valence-corrected chi connectivity index (χ4v) is 2.84. The molecule has 1 heterocycles. The second kappa shape index (κ2) is 10.9. The normalized spacial score (nSPS) is 20.5. The topological polar surface area (TPSA) is 69.1 Å². The lowest BCUT2D eigenvalue weighted by Gasteiger charge is -2.34. The first-order chi connectivity index (χ1) is 11.4. The van der Waals surface area contributed by atoms with E-state index < -0.39 is 5.60 Å². The molecule has 0 radical (unpaired) electrons. The van der Waals surface area contributed by atoms with Gasteiger partial charge in [0, 0.05) is 32.7 Å². The van der Waals surface area contributed by atoms with Crippen molar-refractivity contribution in [3.05, 3.63) is 0 Å². The highest BCUT2D eigenvalue weighted by Gasteiger charge is 2.23. The molecule has 142 valence electrons. The zero-order valence-corrected chi connectivity index (χ0v) is 16.3. The van der Waals surface area contributed by atoms with Gasteiger partial charge in [0.1, 0.15) is 0 Å². The van der Waals surface area contributed by atoms with Gasteiger partial charge < -0.3 is 20.5 Å². The first kappa shape index (κ1) is 21.2. The molecule has 6 heteroatoms. The molecule has 6 nitrogen and oxygen atoms in total. The number of ether oxygens (including phenoxy) is 1. The third kappa shape index (κ3) is 7.81. The highest BCUT2D eigenvalue weighted by atomic mass is 16.5. The third-order valence-corrected chi connectivity index (χ3v) is 4.54. The Morgan fingerprint density at radius 2 is 2.00 bits per heavy atom. The lowest BCUT2D eigenvalue weighted by atomic mass is 9.98. The summed E-state index contributed by atoms with van der Waals surface area (Å²) in [6, 6.07) is 0. The second-order valence-corrected chi connectivity index (χ2v) is 7.15. The lowest BCUT2D eigenvalue weighted by Crippen LogP contribution is -2.50. The van der Waals surface area contributed by atoms with E-state index in [1.165, 1.54) is 0 Å². The number of aliphatic hydroxyl groups is 1. The fourth-order valence-electron chi connectivity index (χ4n) is 2.84. The largest absolute Gasteiger partial charge is 0.388 e. The van der Waals surface area contributed by atoms with Crippen LogP contribution in [0.1, 0.15) is 47.5 Å². The summed E-state index contributed by atoms with van der Waals surface area (Å²) in [4.78, 5) is 7.02. The molecule has 3 N–H and O–H groups in total. The maximum Gasteiger partial charge on any atom is 0.191 e. The van der Waals surface area contributed by atoms with Crippen molar-refractivity contribution in [1.82, 2.24) is 15.5 Å². The summed E-state index contributed by atoms with van der Waals surface area (Å²) in [5, 5.41) is 17.0. The Balaban J connectivity index is 2.50. The molecule has 0 amide bonds. The van der Waals surface area contributed by atoms with Gasteiger partial charge in [-0.1, -0.05) is 27.7 Å². The number of morpholine rings is 1. The van der Waals surface area contributed by atoms with E-state index in [0.717, 1.165) is 45.3 Å². The van der Waals surface area contributed by atoms with Gasteiger partial charge in [-0.15, -0.1) is 0 Å². The SMILES string of the molecule is CCNC(=NCC(O)(CC)CC)NCC1CN(CC(C)C)CCO1. The summed E-state index contributed by atoms with van der Waals surface area (Å²) in [6.45, 7) is 16.4. The zero-order chi connectivity index (χ0) is 18.0. The number of nitrogens with one attached hydrogen (secondary N) is 2. The predicted molar refractivity (Wildman–Crippen MR) is 101 cm³/mol. The minimum Gasteiger partial charge on any atom is -0.388 e. The molecule has 0 saturated carbocycles. The molecular formula is C18H38N4O2. The molecule has 0 spiro atoms. The quantitative estimate of drug-likeness (QED) is 0.437. The average molecular weight is 343 g/mol. The van der Waals surface area contributed by atoms with E-state index in [0.29, 0.717) is 25.3 Å². The number of guanidine groups is 1. The van der Waals surface area contributed by atoms with Crippen molar-refractivity contribution in [2.24, 2.45) is 10.9 Å². The van der Waals surface area contributed by atoms with Crippen LogP contribution >= 0.6 is 0 Å². The molecule has 1 unspecified atom stereocenters. The molecule has 1 fully saturated rings. The standard InChI is InChI=1S/C18H38N4O2/c1-6-18(23,7-2)14-21-17(19-8-3)20-11-16-13-22(9-10-24-16)12-15(4)5/h15-16,23H,6-14H2,1-5H3,(H2,19,20,21). The van der Waals surface area contributed by atoms with Crippen LogP contribution in [0.4, 0.5) is 0 Å². The first-order valence-corrected chi connectivity index (χ1v) is 9.51. The van der Waals surface area contributed by atoms with Crippen molar-refractivity contribution in [1.29, 1.82) is 0 Å². The van der Waals surface area contributed by atoms with Crippen molar-refractivity contribution in [3.63, 3.8) is 0 Å². The van der Waals surface area contributed by atoms with Crippen LogP contribution in [0.15, 0.2) is 4.99 Å². The molecule has 1 atom stereocenters. The molecule has 24 heavy (non-hydrogen) atoms. The van der Waals surface area contributed by atoms with Gasteiger partial charge in [0.25, 0.3) is 0 Å². The van der Waals surface area contributed by atoms with Gasteiger partial charge in [0.05, 0.1) is 24.9 Å². The number of hydrogen-bond acceptors (Lipinski definition) is 4. The van der Waals surface area contributed by atoms with Crippen molar-refractivity contribution >= 4 is 5.96 Å². The Bertz CT molecular complexity index is 370. The van der Waals surface area contributed by atoms with Crippen molar-refractivity contribution < 1.29 is 9.84 Å². The van der Waals surface area contributed by atoms with Gasteiger partial charge in [0.15, 0.2) is 5.96 Å². The van der Waals surface area contributed by atoms with Gasteiger partial charge in [-0.05, 0) is 25.7 Å². The van der Waals surface area contributed by atoms with E-state index in [-0.39, 0.29) is 6.10 Å². The molecule has 1 rings (SSSR count). The Morgan fingerprint density at radius 1 is 1.29 bits per heavy atom. The minimum absolute atomic E-state index is 0.178. The van der Waals surface area contributed by atoms with Gasteiger partial charge in [-0.25, -0.2) is 0 Å². The smallest absolute Gasteiger partial charge is 0.191 e. The summed E-state index contributed by atoms with van der Waals surface area (Å²) in [5.41, 5.74) is -0.711. The molecular weight excluding hydrogens is 304 g/mol. The Kier molecular flexibility index (Phi) is 9.63. The van der Waals surface area contributed by atoms with Crippen LogP contribution in [-0.4, -0.2) is 73.5 Å². The van der Waals surface area contributed by atoms with E-state index in [4.69, 9.17) is 4.74 Å². The maximum atomic E-state index is 10.4. The summed E-state index contributed by atoms with van der Waals surface area (Å²) in [5.74, 6) is 1.43. The van der Waals surface area contributed by atoms with Gasteiger partial charge in [0.2, 0.25) is 0 Å².